The fraction of sp³-hybridized carbons (Fsp3) is 0.765. The Labute approximate surface area is 138 Å². The third kappa shape index (κ3) is 4.78. The van der Waals surface area contributed by atoms with E-state index in [9.17, 15) is 4.79 Å². The monoisotopic (exact) mass is 319 g/mol. The van der Waals surface area contributed by atoms with Crippen LogP contribution in [0.5, 0.6) is 0 Å². The lowest BCUT2D eigenvalue weighted by atomic mass is 10.1. The zero-order valence-electron chi connectivity index (χ0n) is 14.3. The molecular weight excluding hydrogens is 290 g/mol. The molecule has 0 atom stereocenters. The van der Waals surface area contributed by atoms with Crippen LogP contribution < -0.4 is 5.32 Å². The largest absolute Gasteiger partial charge is 0.353 e. The van der Waals surface area contributed by atoms with Crippen molar-refractivity contribution >= 4 is 5.91 Å². The summed E-state index contributed by atoms with van der Waals surface area (Å²) >= 11 is 0. The number of hydrogen-bond acceptors (Lipinski definition) is 4. The molecule has 2 heterocycles. The minimum atomic E-state index is 0.0665. The van der Waals surface area contributed by atoms with E-state index in [2.05, 4.69) is 33.5 Å². The van der Waals surface area contributed by atoms with Crippen molar-refractivity contribution in [3.05, 3.63) is 17.5 Å². The molecule has 1 N–H and O–H groups in total. The van der Waals surface area contributed by atoms with E-state index in [4.69, 9.17) is 0 Å². The molecule has 0 aromatic carbocycles. The summed E-state index contributed by atoms with van der Waals surface area (Å²) in [4.78, 5) is 16.8. The summed E-state index contributed by atoms with van der Waals surface area (Å²) in [6, 6.07) is 0. The fourth-order valence-corrected chi connectivity index (χ4v) is 3.42. The van der Waals surface area contributed by atoms with Crippen molar-refractivity contribution < 1.29 is 4.79 Å². The molecule has 2 aliphatic rings. The van der Waals surface area contributed by atoms with Crippen molar-refractivity contribution in [3.63, 3.8) is 0 Å². The minimum absolute atomic E-state index is 0.0665. The smallest absolute Gasteiger partial charge is 0.241 e. The predicted molar refractivity (Wildman–Crippen MR) is 90.4 cm³/mol. The molecule has 3 rings (SSSR count). The van der Waals surface area contributed by atoms with Gasteiger partial charge in [-0.15, -0.1) is 0 Å². The van der Waals surface area contributed by atoms with Gasteiger partial charge in [0.1, 0.15) is 6.54 Å². The highest BCUT2D eigenvalue weighted by Gasteiger charge is 2.15. The highest BCUT2D eigenvalue weighted by Crippen LogP contribution is 2.18. The summed E-state index contributed by atoms with van der Waals surface area (Å²) in [5.41, 5.74) is 2.54. The van der Waals surface area contributed by atoms with E-state index >= 15 is 0 Å². The number of aryl methyl sites for hydroxylation is 2. The number of rotatable bonds is 5. The summed E-state index contributed by atoms with van der Waals surface area (Å²) < 4.78 is 1.82. The summed E-state index contributed by atoms with van der Waals surface area (Å²) in [7, 11) is 2.16. The average molecular weight is 319 g/mol. The Morgan fingerprint density at radius 3 is 2.78 bits per heavy atom. The van der Waals surface area contributed by atoms with E-state index in [-0.39, 0.29) is 5.91 Å². The van der Waals surface area contributed by atoms with Gasteiger partial charge in [0.25, 0.3) is 0 Å². The molecule has 6 nitrogen and oxygen atoms in total. The van der Waals surface area contributed by atoms with E-state index in [0.717, 1.165) is 52.1 Å². The first-order valence-corrected chi connectivity index (χ1v) is 8.93. The molecule has 1 fully saturated rings. The Hall–Kier alpha value is -1.40. The Morgan fingerprint density at radius 2 is 1.96 bits per heavy atom. The van der Waals surface area contributed by atoms with Crippen LogP contribution in [0, 0.1) is 0 Å². The van der Waals surface area contributed by atoms with Crippen LogP contribution in [-0.2, 0) is 24.2 Å². The first-order valence-electron chi connectivity index (χ1n) is 8.93. The summed E-state index contributed by atoms with van der Waals surface area (Å²) in [5.74, 6) is 0.0665. The Kier molecular flexibility index (Phi) is 5.67. The minimum Gasteiger partial charge on any atom is -0.353 e. The van der Waals surface area contributed by atoms with Crippen LogP contribution in [-0.4, -0.2) is 71.8 Å². The van der Waals surface area contributed by atoms with Gasteiger partial charge in [-0.3, -0.25) is 14.4 Å². The van der Waals surface area contributed by atoms with Crippen molar-refractivity contribution in [2.45, 2.75) is 38.6 Å². The number of hydrogen-bond donors (Lipinski definition) is 1. The van der Waals surface area contributed by atoms with E-state index in [1.807, 2.05) is 4.68 Å². The molecule has 1 aromatic rings. The number of carbonyl (C=O) groups excluding carboxylic acids is 1. The van der Waals surface area contributed by atoms with Crippen LogP contribution in [0.3, 0.4) is 0 Å². The number of fused-ring (bicyclic) bond motifs is 1. The van der Waals surface area contributed by atoms with Crippen LogP contribution in [0.1, 0.15) is 30.5 Å². The van der Waals surface area contributed by atoms with Gasteiger partial charge in [0.2, 0.25) is 5.91 Å². The number of carbonyl (C=O) groups is 1. The van der Waals surface area contributed by atoms with Crippen molar-refractivity contribution in [3.8, 4) is 0 Å². The zero-order valence-corrected chi connectivity index (χ0v) is 14.3. The average Bonchev–Trinajstić information content (AvgIpc) is 2.77. The van der Waals surface area contributed by atoms with Gasteiger partial charge < -0.3 is 10.2 Å². The molecule has 0 spiro atoms. The summed E-state index contributed by atoms with van der Waals surface area (Å²) in [6.07, 6.45) is 8.01. The van der Waals surface area contributed by atoms with Crippen LogP contribution in [0.2, 0.25) is 0 Å². The molecule has 0 bridgehead atoms. The maximum atomic E-state index is 12.1. The number of aromatic nitrogens is 2. The number of amides is 1. The van der Waals surface area contributed by atoms with Crippen LogP contribution >= 0.6 is 0 Å². The molecule has 1 amide bonds. The maximum Gasteiger partial charge on any atom is 0.241 e. The normalized spacial score (nSPS) is 20.0. The predicted octanol–water partition coefficient (Wildman–Crippen LogP) is 0.516. The number of piperazine rings is 1. The molecule has 23 heavy (non-hydrogen) atoms. The van der Waals surface area contributed by atoms with Gasteiger partial charge >= 0.3 is 0 Å². The SMILES string of the molecule is CN1CCN(CCNC(=O)Cn2cc3c(n2)CCCCC3)CC1. The number of nitrogens with one attached hydrogen (secondary N) is 1. The Balaban J connectivity index is 1.39. The van der Waals surface area contributed by atoms with Gasteiger partial charge in [-0.25, -0.2) is 0 Å². The van der Waals surface area contributed by atoms with Gasteiger partial charge in [-0.2, -0.15) is 5.10 Å². The van der Waals surface area contributed by atoms with E-state index in [1.54, 1.807) is 0 Å². The first-order chi connectivity index (χ1) is 11.2. The maximum absolute atomic E-state index is 12.1. The van der Waals surface area contributed by atoms with Crippen molar-refractivity contribution in [1.29, 1.82) is 0 Å². The van der Waals surface area contributed by atoms with Gasteiger partial charge in [0.05, 0.1) is 5.69 Å². The molecule has 1 saturated heterocycles. The van der Waals surface area contributed by atoms with Gasteiger partial charge in [0.15, 0.2) is 0 Å². The Morgan fingerprint density at radius 1 is 1.17 bits per heavy atom. The number of nitrogens with zero attached hydrogens (tertiary/aromatic N) is 4. The lowest BCUT2D eigenvalue weighted by Crippen LogP contribution is -2.47. The Bertz CT molecular complexity index is 496. The van der Waals surface area contributed by atoms with Crippen molar-refractivity contribution in [1.82, 2.24) is 24.9 Å². The molecule has 0 saturated carbocycles. The molecule has 1 aliphatic carbocycles. The summed E-state index contributed by atoms with van der Waals surface area (Å²) in [5, 5.41) is 7.62. The standard InChI is InChI=1S/C17H29N5O/c1-20-9-11-21(12-10-20)8-7-18-17(23)14-22-13-15-5-3-2-4-6-16(15)19-22/h13H,2-12,14H2,1H3,(H,18,23). The molecule has 1 aliphatic heterocycles. The molecule has 0 unspecified atom stereocenters. The molecule has 128 valence electrons. The highest BCUT2D eigenvalue weighted by molar-refractivity contribution is 5.75. The van der Waals surface area contributed by atoms with Crippen molar-refractivity contribution in [2.24, 2.45) is 0 Å². The molecular formula is C17H29N5O. The van der Waals surface area contributed by atoms with Crippen molar-refractivity contribution in [2.75, 3.05) is 46.3 Å². The van der Waals surface area contributed by atoms with E-state index in [0.29, 0.717) is 6.54 Å². The van der Waals surface area contributed by atoms with E-state index in [1.165, 1.54) is 30.5 Å². The first kappa shape index (κ1) is 16.5. The second-order valence-electron chi connectivity index (χ2n) is 6.85. The topological polar surface area (TPSA) is 53.4 Å². The highest BCUT2D eigenvalue weighted by atomic mass is 16.2. The van der Waals surface area contributed by atoms with Gasteiger partial charge in [0, 0.05) is 45.5 Å². The zero-order chi connectivity index (χ0) is 16.1. The number of likely N-dealkylation sites (N-methyl/N-ethyl adjacent to an activating group) is 1. The fourth-order valence-electron chi connectivity index (χ4n) is 3.42. The quantitative estimate of drug-likeness (QED) is 0.804. The molecule has 1 aromatic heterocycles. The second-order valence-corrected chi connectivity index (χ2v) is 6.85. The molecule has 0 radical (unpaired) electrons. The third-order valence-electron chi connectivity index (χ3n) is 4.94. The van der Waals surface area contributed by atoms with E-state index < -0.39 is 0 Å². The van der Waals surface area contributed by atoms with Crippen LogP contribution in [0.25, 0.3) is 0 Å². The van der Waals surface area contributed by atoms with Crippen LogP contribution in [0.15, 0.2) is 6.20 Å². The van der Waals surface area contributed by atoms with Gasteiger partial charge in [-0.1, -0.05) is 6.42 Å². The molecule has 6 heteroatoms. The summed E-state index contributed by atoms with van der Waals surface area (Å²) in [6.45, 7) is 6.44. The lowest BCUT2D eigenvalue weighted by molar-refractivity contribution is -0.121. The second kappa shape index (κ2) is 7.93. The third-order valence-corrected chi connectivity index (χ3v) is 4.94. The van der Waals surface area contributed by atoms with Crippen LogP contribution in [0.4, 0.5) is 0 Å². The lowest BCUT2D eigenvalue weighted by Gasteiger charge is -2.32. The van der Waals surface area contributed by atoms with Gasteiger partial charge in [-0.05, 0) is 38.3 Å².